The summed E-state index contributed by atoms with van der Waals surface area (Å²) in [6, 6.07) is 3.87. The van der Waals surface area contributed by atoms with E-state index in [-0.39, 0.29) is 0 Å². The molecule has 2 nitrogen and oxygen atoms in total. The van der Waals surface area contributed by atoms with E-state index < -0.39 is 0 Å². The van der Waals surface area contributed by atoms with E-state index in [1.807, 2.05) is 38.1 Å². The van der Waals surface area contributed by atoms with Gasteiger partial charge in [0.15, 0.2) is 0 Å². The van der Waals surface area contributed by atoms with E-state index in [0.29, 0.717) is 0 Å². The summed E-state index contributed by atoms with van der Waals surface area (Å²) in [5.41, 5.74) is 10.00. The Bertz CT molecular complexity index is 417. The van der Waals surface area contributed by atoms with E-state index in [0.717, 1.165) is 23.1 Å². The molecule has 0 aliphatic rings. The van der Waals surface area contributed by atoms with Crippen LogP contribution in [-0.2, 0) is 4.79 Å². The highest BCUT2D eigenvalue weighted by Crippen LogP contribution is 2.20. The summed E-state index contributed by atoms with van der Waals surface area (Å²) in [6.45, 7) is 4.04. The highest BCUT2D eigenvalue weighted by molar-refractivity contribution is 5.67. The van der Waals surface area contributed by atoms with Gasteiger partial charge in [0.1, 0.15) is 6.29 Å². The maximum absolute atomic E-state index is 10.0. The number of allylic oxidation sites excluding steroid dienone is 3. The molecule has 0 aliphatic heterocycles. The molecule has 0 saturated carbocycles. The fourth-order valence-electron chi connectivity index (χ4n) is 1.31. The van der Waals surface area contributed by atoms with Crippen LogP contribution in [0.4, 0.5) is 5.69 Å². The SMILES string of the molecule is Cc1c(N)ccc(C=CC=CC=O)c1C. The zero-order valence-corrected chi connectivity index (χ0v) is 9.03. The number of hydrogen-bond acceptors (Lipinski definition) is 2. The summed E-state index contributed by atoms with van der Waals surface area (Å²) in [7, 11) is 0. The molecule has 0 saturated heterocycles. The quantitative estimate of drug-likeness (QED) is 0.353. The number of nitrogens with two attached hydrogens (primary N) is 1. The second kappa shape index (κ2) is 5.15. The normalized spacial score (nSPS) is 11.3. The fourth-order valence-corrected chi connectivity index (χ4v) is 1.31. The number of carbonyl (C=O) groups is 1. The molecular formula is C13H15NO. The van der Waals surface area contributed by atoms with Gasteiger partial charge in [-0.05, 0) is 42.7 Å². The van der Waals surface area contributed by atoms with Crippen LogP contribution in [0.3, 0.4) is 0 Å². The summed E-state index contributed by atoms with van der Waals surface area (Å²) in [5, 5.41) is 0. The molecule has 0 aromatic heterocycles. The molecule has 1 rings (SSSR count). The lowest BCUT2D eigenvalue weighted by atomic mass is 10.0. The molecule has 2 N–H and O–H groups in total. The van der Waals surface area contributed by atoms with Crippen molar-refractivity contribution in [2.24, 2.45) is 0 Å². The van der Waals surface area contributed by atoms with E-state index in [9.17, 15) is 4.79 Å². The van der Waals surface area contributed by atoms with Gasteiger partial charge in [0.2, 0.25) is 0 Å². The molecule has 0 bridgehead atoms. The Balaban J connectivity index is 2.96. The number of rotatable bonds is 3. The molecule has 2 heteroatoms. The molecule has 0 aliphatic carbocycles. The minimum Gasteiger partial charge on any atom is -0.399 e. The van der Waals surface area contributed by atoms with Crippen molar-refractivity contribution in [3.05, 3.63) is 47.1 Å². The van der Waals surface area contributed by atoms with Crippen LogP contribution in [0.1, 0.15) is 16.7 Å². The van der Waals surface area contributed by atoms with Crippen molar-refractivity contribution in [1.82, 2.24) is 0 Å². The molecule has 1 aromatic rings. The second-order valence-corrected chi connectivity index (χ2v) is 3.37. The third-order valence-corrected chi connectivity index (χ3v) is 2.45. The molecular weight excluding hydrogens is 186 g/mol. The maximum Gasteiger partial charge on any atom is 0.142 e. The van der Waals surface area contributed by atoms with Crippen LogP contribution in [0.5, 0.6) is 0 Å². The van der Waals surface area contributed by atoms with Crippen molar-refractivity contribution in [3.8, 4) is 0 Å². The van der Waals surface area contributed by atoms with E-state index in [1.165, 1.54) is 11.6 Å². The Labute approximate surface area is 90.1 Å². The molecule has 78 valence electrons. The number of benzene rings is 1. The van der Waals surface area contributed by atoms with Gasteiger partial charge in [-0.25, -0.2) is 0 Å². The van der Waals surface area contributed by atoms with Crippen molar-refractivity contribution >= 4 is 18.0 Å². The van der Waals surface area contributed by atoms with Crippen LogP contribution < -0.4 is 5.73 Å². The minimum absolute atomic E-state index is 0.755. The molecule has 0 atom stereocenters. The Hall–Kier alpha value is -1.83. The van der Waals surface area contributed by atoms with Crippen LogP contribution in [-0.4, -0.2) is 6.29 Å². The molecule has 0 amide bonds. The third-order valence-electron chi connectivity index (χ3n) is 2.45. The smallest absolute Gasteiger partial charge is 0.142 e. The van der Waals surface area contributed by atoms with Crippen LogP contribution in [0.15, 0.2) is 30.4 Å². The Morgan fingerprint density at radius 1 is 1.07 bits per heavy atom. The van der Waals surface area contributed by atoms with Gasteiger partial charge in [-0.15, -0.1) is 0 Å². The van der Waals surface area contributed by atoms with Crippen LogP contribution >= 0.6 is 0 Å². The summed E-state index contributed by atoms with van der Waals surface area (Å²) in [6.07, 6.45) is 7.72. The molecule has 15 heavy (non-hydrogen) atoms. The second-order valence-electron chi connectivity index (χ2n) is 3.37. The number of aldehydes is 1. The molecule has 0 spiro atoms. The zero-order valence-electron chi connectivity index (χ0n) is 9.03. The van der Waals surface area contributed by atoms with E-state index in [2.05, 4.69) is 0 Å². The van der Waals surface area contributed by atoms with Gasteiger partial charge in [0, 0.05) is 5.69 Å². The average Bonchev–Trinajstić information content (AvgIpc) is 2.24. The monoisotopic (exact) mass is 201 g/mol. The number of nitrogen functional groups attached to an aromatic ring is 1. The Morgan fingerprint density at radius 3 is 2.47 bits per heavy atom. The van der Waals surface area contributed by atoms with Gasteiger partial charge in [0.25, 0.3) is 0 Å². The van der Waals surface area contributed by atoms with E-state index in [4.69, 9.17) is 5.73 Å². The van der Waals surface area contributed by atoms with Gasteiger partial charge in [-0.3, -0.25) is 4.79 Å². The van der Waals surface area contributed by atoms with Crippen molar-refractivity contribution in [2.75, 3.05) is 5.73 Å². The zero-order chi connectivity index (χ0) is 11.3. The van der Waals surface area contributed by atoms with Gasteiger partial charge in [0.05, 0.1) is 0 Å². The predicted octanol–water partition coefficient (Wildman–Crippen LogP) is 2.65. The van der Waals surface area contributed by atoms with Crippen LogP contribution in [0.2, 0.25) is 0 Å². The summed E-state index contributed by atoms with van der Waals surface area (Å²) >= 11 is 0. The fraction of sp³-hybridized carbons (Fsp3) is 0.154. The van der Waals surface area contributed by atoms with Gasteiger partial charge in [-0.2, -0.15) is 0 Å². The molecule has 0 heterocycles. The largest absolute Gasteiger partial charge is 0.399 e. The first-order valence-corrected chi connectivity index (χ1v) is 4.81. The highest BCUT2D eigenvalue weighted by Gasteiger charge is 2.00. The predicted molar refractivity (Wildman–Crippen MR) is 64.6 cm³/mol. The van der Waals surface area contributed by atoms with Gasteiger partial charge in [-0.1, -0.05) is 24.3 Å². The van der Waals surface area contributed by atoms with Crippen molar-refractivity contribution in [2.45, 2.75) is 13.8 Å². The Morgan fingerprint density at radius 2 is 1.80 bits per heavy atom. The molecule has 0 fully saturated rings. The lowest BCUT2D eigenvalue weighted by Gasteiger charge is -2.07. The first-order valence-electron chi connectivity index (χ1n) is 4.81. The maximum atomic E-state index is 10.0. The summed E-state index contributed by atoms with van der Waals surface area (Å²) < 4.78 is 0. The van der Waals surface area contributed by atoms with Crippen LogP contribution in [0.25, 0.3) is 6.08 Å². The van der Waals surface area contributed by atoms with Crippen molar-refractivity contribution in [3.63, 3.8) is 0 Å². The molecule has 0 radical (unpaired) electrons. The number of hydrogen-bond donors (Lipinski definition) is 1. The molecule has 1 aromatic carbocycles. The summed E-state index contributed by atoms with van der Waals surface area (Å²) in [4.78, 5) is 10.0. The Kier molecular flexibility index (Phi) is 3.86. The lowest BCUT2D eigenvalue weighted by molar-refractivity contribution is -0.104. The standard InChI is InChI=1S/C13H15NO/c1-10-11(2)13(14)8-7-12(10)6-4-3-5-9-15/h3-9H,14H2,1-2H3. The average molecular weight is 201 g/mol. The molecule has 0 unspecified atom stereocenters. The van der Waals surface area contributed by atoms with Gasteiger partial charge < -0.3 is 5.73 Å². The van der Waals surface area contributed by atoms with E-state index in [1.54, 1.807) is 6.08 Å². The third kappa shape index (κ3) is 2.81. The van der Waals surface area contributed by atoms with Gasteiger partial charge >= 0.3 is 0 Å². The van der Waals surface area contributed by atoms with Crippen LogP contribution in [0, 0.1) is 13.8 Å². The first kappa shape index (κ1) is 11.2. The lowest BCUT2D eigenvalue weighted by Crippen LogP contribution is -1.93. The minimum atomic E-state index is 0.755. The highest BCUT2D eigenvalue weighted by atomic mass is 16.1. The van der Waals surface area contributed by atoms with Crippen molar-refractivity contribution in [1.29, 1.82) is 0 Å². The van der Waals surface area contributed by atoms with Crippen molar-refractivity contribution < 1.29 is 4.79 Å². The first-order chi connectivity index (χ1) is 7.16. The topological polar surface area (TPSA) is 43.1 Å². The summed E-state index contributed by atoms with van der Waals surface area (Å²) in [5.74, 6) is 0. The van der Waals surface area contributed by atoms with E-state index >= 15 is 0 Å². The number of carbonyl (C=O) groups excluding carboxylic acids is 1. The number of anilines is 1.